The standard InChI is InChI=1S/C11H7F10NO.ClH/c12-5-2-3(9(13,14)15)1-4(10(16,17)18)6(5)7(22)8(23)11(19,20)21;/h1-2,7-8,23H,22H2;1H/t7-,8-;/m1./s1. The van der Waals surface area contributed by atoms with Crippen LogP contribution in [0, 0.1) is 5.82 Å². The molecule has 0 spiro atoms. The molecule has 0 amide bonds. The van der Waals surface area contributed by atoms with Gasteiger partial charge in [-0.3, -0.25) is 0 Å². The topological polar surface area (TPSA) is 46.2 Å². The lowest BCUT2D eigenvalue weighted by atomic mass is 9.93. The van der Waals surface area contributed by atoms with E-state index in [-0.39, 0.29) is 12.4 Å². The lowest BCUT2D eigenvalue weighted by molar-refractivity contribution is -0.211. The summed E-state index contributed by atoms with van der Waals surface area (Å²) in [7, 11) is 0. The molecule has 0 radical (unpaired) electrons. The van der Waals surface area contributed by atoms with Crippen molar-refractivity contribution in [3.05, 3.63) is 34.6 Å². The molecule has 24 heavy (non-hydrogen) atoms. The van der Waals surface area contributed by atoms with Gasteiger partial charge in [-0.05, 0) is 12.1 Å². The smallest absolute Gasteiger partial charge is 0.382 e. The Hall–Kier alpha value is -1.27. The summed E-state index contributed by atoms with van der Waals surface area (Å²) in [6.45, 7) is 0. The Kier molecular flexibility index (Phi) is 6.56. The molecule has 0 saturated heterocycles. The van der Waals surface area contributed by atoms with Crippen molar-refractivity contribution in [2.45, 2.75) is 30.7 Å². The largest absolute Gasteiger partial charge is 0.416 e. The molecule has 140 valence electrons. The number of alkyl halides is 9. The first-order valence-corrected chi connectivity index (χ1v) is 5.55. The van der Waals surface area contributed by atoms with Crippen LogP contribution in [0.5, 0.6) is 0 Å². The first-order chi connectivity index (χ1) is 10.1. The van der Waals surface area contributed by atoms with E-state index in [4.69, 9.17) is 10.8 Å². The third-order valence-electron chi connectivity index (χ3n) is 2.77. The number of hydrogen-bond donors (Lipinski definition) is 2. The van der Waals surface area contributed by atoms with Gasteiger partial charge in [-0.15, -0.1) is 12.4 Å². The summed E-state index contributed by atoms with van der Waals surface area (Å²) in [4.78, 5) is 0. The molecular formula is C11H8ClF10NO. The first kappa shape index (κ1) is 22.7. The van der Waals surface area contributed by atoms with E-state index < -0.39 is 65.3 Å². The SMILES string of the molecule is Cl.N[C@H](c1c(F)cc(C(F)(F)F)cc1C(F)(F)F)[C@@H](O)C(F)(F)F. The van der Waals surface area contributed by atoms with Crippen LogP contribution in [0.4, 0.5) is 43.9 Å². The Morgan fingerprint density at radius 3 is 1.67 bits per heavy atom. The Morgan fingerprint density at radius 2 is 1.33 bits per heavy atom. The van der Waals surface area contributed by atoms with Crippen LogP contribution in [-0.4, -0.2) is 17.4 Å². The van der Waals surface area contributed by atoms with Crippen molar-refractivity contribution in [2.24, 2.45) is 5.73 Å². The molecule has 2 nitrogen and oxygen atoms in total. The molecular weight excluding hydrogens is 388 g/mol. The lowest BCUT2D eigenvalue weighted by Crippen LogP contribution is -2.40. The number of nitrogens with two attached hydrogens (primary N) is 1. The Morgan fingerprint density at radius 1 is 0.875 bits per heavy atom. The zero-order chi connectivity index (χ0) is 18.4. The Bertz CT molecular complexity index is 580. The molecule has 0 aliphatic carbocycles. The van der Waals surface area contributed by atoms with Crippen molar-refractivity contribution >= 4 is 12.4 Å². The summed E-state index contributed by atoms with van der Waals surface area (Å²) >= 11 is 0. The van der Waals surface area contributed by atoms with Crippen LogP contribution < -0.4 is 5.73 Å². The van der Waals surface area contributed by atoms with Crippen LogP contribution in [0.25, 0.3) is 0 Å². The van der Waals surface area contributed by atoms with E-state index in [1.807, 2.05) is 0 Å². The number of benzene rings is 1. The van der Waals surface area contributed by atoms with Gasteiger partial charge in [0, 0.05) is 5.56 Å². The highest BCUT2D eigenvalue weighted by atomic mass is 35.5. The normalized spacial score (nSPS) is 15.7. The minimum Gasteiger partial charge on any atom is -0.382 e. The van der Waals surface area contributed by atoms with Gasteiger partial charge >= 0.3 is 18.5 Å². The third kappa shape index (κ3) is 4.86. The molecule has 1 aromatic rings. The molecule has 2 atom stereocenters. The summed E-state index contributed by atoms with van der Waals surface area (Å²) in [6.07, 6.45) is -20.1. The molecule has 0 aromatic heterocycles. The number of halogens is 11. The molecule has 13 heteroatoms. The molecule has 0 fully saturated rings. The van der Waals surface area contributed by atoms with Crippen molar-refractivity contribution in [1.82, 2.24) is 0 Å². The number of aliphatic hydroxyl groups excluding tert-OH is 1. The van der Waals surface area contributed by atoms with Crippen molar-refractivity contribution in [3.8, 4) is 0 Å². The number of rotatable bonds is 2. The van der Waals surface area contributed by atoms with Crippen LogP contribution in [0.15, 0.2) is 12.1 Å². The fraction of sp³-hybridized carbons (Fsp3) is 0.455. The zero-order valence-corrected chi connectivity index (χ0v) is 11.8. The molecule has 0 aliphatic rings. The van der Waals surface area contributed by atoms with Crippen molar-refractivity contribution in [3.63, 3.8) is 0 Å². The van der Waals surface area contributed by atoms with Crippen LogP contribution >= 0.6 is 12.4 Å². The number of hydrogen-bond acceptors (Lipinski definition) is 2. The monoisotopic (exact) mass is 395 g/mol. The second kappa shape index (κ2) is 6.92. The van der Waals surface area contributed by atoms with E-state index in [2.05, 4.69) is 0 Å². The van der Waals surface area contributed by atoms with Crippen molar-refractivity contribution < 1.29 is 49.0 Å². The Labute approximate surface area is 133 Å². The van der Waals surface area contributed by atoms with Gasteiger partial charge in [-0.2, -0.15) is 39.5 Å². The van der Waals surface area contributed by atoms with Crippen molar-refractivity contribution in [2.75, 3.05) is 0 Å². The van der Waals surface area contributed by atoms with Gasteiger partial charge in [0.1, 0.15) is 5.82 Å². The fourth-order valence-electron chi connectivity index (χ4n) is 1.72. The third-order valence-corrected chi connectivity index (χ3v) is 2.77. The van der Waals surface area contributed by atoms with Gasteiger partial charge in [-0.25, -0.2) is 4.39 Å². The summed E-state index contributed by atoms with van der Waals surface area (Å²) < 4.78 is 126. The first-order valence-electron chi connectivity index (χ1n) is 5.55. The summed E-state index contributed by atoms with van der Waals surface area (Å²) in [6, 6.07) is -3.96. The highest BCUT2D eigenvalue weighted by molar-refractivity contribution is 5.85. The maximum Gasteiger partial charge on any atom is 0.416 e. The maximum atomic E-state index is 13.6. The predicted octanol–water partition coefficient (Wildman–Crippen LogP) is 4.21. The highest BCUT2D eigenvalue weighted by Gasteiger charge is 2.47. The second-order valence-corrected chi connectivity index (χ2v) is 4.43. The number of aliphatic hydroxyl groups is 1. The van der Waals surface area contributed by atoms with Crippen LogP contribution in [-0.2, 0) is 12.4 Å². The average molecular weight is 396 g/mol. The molecule has 1 rings (SSSR count). The molecule has 0 aliphatic heterocycles. The van der Waals surface area contributed by atoms with E-state index >= 15 is 0 Å². The zero-order valence-electron chi connectivity index (χ0n) is 11.0. The lowest BCUT2D eigenvalue weighted by Gasteiger charge is -2.25. The molecule has 0 unspecified atom stereocenters. The van der Waals surface area contributed by atoms with Crippen molar-refractivity contribution in [1.29, 1.82) is 0 Å². The molecule has 0 heterocycles. The van der Waals surface area contributed by atoms with E-state index in [0.717, 1.165) is 0 Å². The minimum absolute atomic E-state index is 0. The maximum absolute atomic E-state index is 13.6. The van der Waals surface area contributed by atoms with E-state index in [9.17, 15) is 43.9 Å². The second-order valence-electron chi connectivity index (χ2n) is 4.43. The van der Waals surface area contributed by atoms with E-state index in [1.54, 1.807) is 0 Å². The quantitative estimate of drug-likeness (QED) is 0.737. The van der Waals surface area contributed by atoms with Crippen LogP contribution in [0.1, 0.15) is 22.7 Å². The van der Waals surface area contributed by atoms with E-state index in [0.29, 0.717) is 0 Å². The fourth-order valence-corrected chi connectivity index (χ4v) is 1.72. The molecule has 3 N–H and O–H groups in total. The summed E-state index contributed by atoms with van der Waals surface area (Å²) in [5, 5.41) is 8.85. The average Bonchev–Trinajstić information content (AvgIpc) is 2.32. The summed E-state index contributed by atoms with van der Waals surface area (Å²) in [5.74, 6) is -2.26. The van der Waals surface area contributed by atoms with Gasteiger partial charge in [0.25, 0.3) is 0 Å². The van der Waals surface area contributed by atoms with Crippen LogP contribution in [0.3, 0.4) is 0 Å². The van der Waals surface area contributed by atoms with Gasteiger partial charge in [0.05, 0.1) is 17.2 Å². The minimum atomic E-state index is -5.62. The van der Waals surface area contributed by atoms with E-state index in [1.165, 1.54) is 0 Å². The molecule has 0 saturated carbocycles. The Balaban J connectivity index is 0.00000529. The predicted molar refractivity (Wildman–Crippen MR) is 62.6 cm³/mol. The van der Waals surface area contributed by atoms with Crippen LogP contribution in [0.2, 0.25) is 0 Å². The highest BCUT2D eigenvalue weighted by Crippen LogP contribution is 2.42. The van der Waals surface area contributed by atoms with Gasteiger partial charge in [0.15, 0.2) is 6.10 Å². The van der Waals surface area contributed by atoms with Gasteiger partial charge < -0.3 is 10.8 Å². The van der Waals surface area contributed by atoms with Gasteiger partial charge in [0.2, 0.25) is 0 Å². The summed E-state index contributed by atoms with van der Waals surface area (Å²) in [5.41, 5.74) is -1.52. The molecule has 0 bridgehead atoms. The van der Waals surface area contributed by atoms with Gasteiger partial charge in [-0.1, -0.05) is 0 Å². The molecule has 1 aromatic carbocycles.